The quantitative estimate of drug-likeness (QED) is 0.834. The lowest BCUT2D eigenvalue weighted by Gasteiger charge is -2.11. The van der Waals surface area contributed by atoms with E-state index in [1.54, 1.807) is 13.2 Å². The SMILES string of the molecule is CN[C@@H](Cc1cnc2ccccc2c1)C(=O)O. The largest absolute Gasteiger partial charge is 0.480 e. The van der Waals surface area contributed by atoms with Crippen molar-refractivity contribution in [2.45, 2.75) is 12.5 Å². The zero-order valence-electron chi connectivity index (χ0n) is 9.55. The van der Waals surface area contributed by atoms with Crippen LogP contribution in [0.5, 0.6) is 0 Å². The number of carboxylic acids is 1. The summed E-state index contributed by atoms with van der Waals surface area (Å²) in [5.41, 5.74) is 1.85. The molecule has 0 amide bonds. The average molecular weight is 230 g/mol. The van der Waals surface area contributed by atoms with Crippen LogP contribution >= 0.6 is 0 Å². The maximum Gasteiger partial charge on any atom is 0.321 e. The number of rotatable bonds is 4. The maximum absolute atomic E-state index is 10.9. The summed E-state index contributed by atoms with van der Waals surface area (Å²) < 4.78 is 0. The molecule has 0 aliphatic heterocycles. The molecule has 17 heavy (non-hydrogen) atoms. The Balaban J connectivity index is 2.27. The van der Waals surface area contributed by atoms with Gasteiger partial charge in [0.2, 0.25) is 0 Å². The van der Waals surface area contributed by atoms with Crippen LogP contribution in [-0.4, -0.2) is 29.1 Å². The van der Waals surface area contributed by atoms with Gasteiger partial charge in [0.05, 0.1) is 5.52 Å². The molecule has 1 atom stereocenters. The maximum atomic E-state index is 10.9. The third-order valence-electron chi connectivity index (χ3n) is 2.73. The second-order valence-electron chi connectivity index (χ2n) is 3.92. The first-order valence-electron chi connectivity index (χ1n) is 5.44. The molecule has 0 fully saturated rings. The number of pyridine rings is 1. The molecular formula is C13H14N2O2. The van der Waals surface area contributed by atoms with Crippen LogP contribution < -0.4 is 5.32 Å². The van der Waals surface area contributed by atoms with Gasteiger partial charge in [-0.3, -0.25) is 9.78 Å². The average Bonchev–Trinajstić information content (AvgIpc) is 2.35. The van der Waals surface area contributed by atoms with Gasteiger partial charge < -0.3 is 10.4 Å². The summed E-state index contributed by atoms with van der Waals surface area (Å²) in [5, 5.41) is 12.8. The Hall–Kier alpha value is -1.94. The van der Waals surface area contributed by atoms with Gasteiger partial charge in [0.1, 0.15) is 6.04 Å². The van der Waals surface area contributed by atoms with Crippen LogP contribution in [0.25, 0.3) is 10.9 Å². The molecule has 88 valence electrons. The molecule has 0 saturated carbocycles. The molecule has 0 radical (unpaired) electrons. The van der Waals surface area contributed by atoms with Crippen LogP contribution in [-0.2, 0) is 11.2 Å². The zero-order valence-corrected chi connectivity index (χ0v) is 9.55. The van der Waals surface area contributed by atoms with E-state index < -0.39 is 12.0 Å². The minimum absolute atomic E-state index is 0.434. The van der Waals surface area contributed by atoms with Gasteiger partial charge in [0, 0.05) is 11.6 Å². The number of carbonyl (C=O) groups is 1. The van der Waals surface area contributed by atoms with Crippen molar-refractivity contribution in [3.8, 4) is 0 Å². The Morgan fingerprint density at radius 2 is 2.24 bits per heavy atom. The summed E-state index contributed by atoms with van der Waals surface area (Å²) in [6.45, 7) is 0. The van der Waals surface area contributed by atoms with Crippen molar-refractivity contribution < 1.29 is 9.90 Å². The van der Waals surface area contributed by atoms with E-state index in [1.165, 1.54) is 0 Å². The van der Waals surface area contributed by atoms with Gasteiger partial charge >= 0.3 is 5.97 Å². The molecule has 0 bridgehead atoms. The zero-order chi connectivity index (χ0) is 12.3. The van der Waals surface area contributed by atoms with E-state index in [-0.39, 0.29) is 0 Å². The van der Waals surface area contributed by atoms with Gasteiger partial charge in [-0.1, -0.05) is 18.2 Å². The number of nitrogens with one attached hydrogen (secondary N) is 1. The van der Waals surface area contributed by atoms with Gasteiger partial charge in [-0.15, -0.1) is 0 Å². The fraction of sp³-hybridized carbons (Fsp3) is 0.231. The molecule has 2 aromatic rings. The molecule has 1 aromatic carbocycles. The number of benzene rings is 1. The minimum Gasteiger partial charge on any atom is -0.480 e. The van der Waals surface area contributed by atoms with Gasteiger partial charge in [0.25, 0.3) is 0 Å². The first-order valence-corrected chi connectivity index (χ1v) is 5.44. The van der Waals surface area contributed by atoms with Crippen molar-refractivity contribution in [3.05, 3.63) is 42.1 Å². The molecule has 4 nitrogen and oxygen atoms in total. The Morgan fingerprint density at radius 3 is 2.94 bits per heavy atom. The Kier molecular flexibility index (Phi) is 3.35. The molecule has 0 aliphatic carbocycles. The van der Waals surface area contributed by atoms with Gasteiger partial charge in [-0.25, -0.2) is 0 Å². The van der Waals surface area contributed by atoms with Crippen LogP contribution in [0.3, 0.4) is 0 Å². The molecule has 0 spiro atoms. The summed E-state index contributed by atoms with van der Waals surface area (Å²) in [6, 6.07) is 9.20. The number of hydrogen-bond acceptors (Lipinski definition) is 3. The van der Waals surface area contributed by atoms with Gasteiger partial charge in [-0.05, 0) is 31.2 Å². The fourth-order valence-corrected chi connectivity index (χ4v) is 1.78. The minimum atomic E-state index is -0.847. The van der Waals surface area contributed by atoms with Crippen molar-refractivity contribution >= 4 is 16.9 Å². The van der Waals surface area contributed by atoms with Crippen LogP contribution in [0.2, 0.25) is 0 Å². The standard InChI is InChI=1S/C13H14N2O2/c1-14-12(13(16)17)7-9-6-10-4-2-3-5-11(10)15-8-9/h2-6,8,12,14H,7H2,1H3,(H,16,17)/t12-/m0/s1. The second-order valence-corrected chi connectivity index (χ2v) is 3.92. The Bertz CT molecular complexity index is 540. The number of fused-ring (bicyclic) bond motifs is 1. The number of likely N-dealkylation sites (N-methyl/N-ethyl adjacent to an activating group) is 1. The molecule has 1 heterocycles. The number of aliphatic carboxylic acids is 1. The summed E-state index contributed by atoms with van der Waals surface area (Å²) >= 11 is 0. The lowest BCUT2D eigenvalue weighted by atomic mass is 10.1. The van der Waals surface area contributed by atoms with Crippen LogP contribution in [0.1, 0.15) is 5.56 Å². The summed E-state index contributed by atoms with van der Waals surface area (Å²) in [7, 11) is 1.65. The first kappa shape index (κ1) is 11.5. The monoisotopic (exact) mass is 230 g/mol. The number of nitrogens with zero attached hydrogens (tertiary/aromatic N) is 1. The molecule has 0 saturated heterocycles. The van der Waals surface area contributed by atoms with E-state index >= 15 is 0 Å². The highest BCUT2D eigenvalue weighted by atomic mass is 16.4. The van der Waals surface area contributed by atoms with Crippen molar-refractivity contribution in [2.24, 2.45) is 0 Å². The molecule has 1 aromatic heterocycles. The molecule has 4 heteroatoms. The molecular weight excluding hydrogens is 216 g/mol. The third kappa shape index (κ3) is 2.60. The fourth-order valence-electron chi connectivity index (χ4n) is 1.78. The summed E-state index contributed by atoms with van der Waals surface area (Å²) in [4.78, 5) is 15.2. The van der Waals surface area contributed by atoms with Crippen LogP contribution in [0.4, 0.5) is 0 Å². The topological polar surface area (TPSA) is 62.2 Å². The number of para-hydroxylation sites is 1. The number of carboxylic acid groups (broad SMARTS) is 1. The number of hydrogen-bond donors (Lipinski definition) is 2. The second kappa shape index (κ2) is 4.93. The van der Waals surface area contributed by atoms with E-state index in [2.05, 4.69) is 10.3 Å². The predicted octanol–water partition coefficient (Wildman–Crippen LogP) is 1.45. The van der Waals surface area contributed by atoms with E-state index in [0.29, 0.717) is 6.42 Å². The third-order valence-corrected chi connectivity index (χ3v) is 2.73. The van der Waals surface area contributed by atoms with Crippen molar-refractivity contribution in [3.63, 3.8) is 0 Å². The highest BCUT2D eigenvalue weighted by Gasteiger charge is 2.15. The van der Waals surface area contributed by atoms with Crippen LogP contribution in [0.15, 0.2) is 36.5 Å². The van der Waals surface area contributed by atoms with E-state index in [4.69, 9.17) is 5.11 Å². The molecule has 2 rings (SSSR count). The highest BCUT2D eigenvalue weighted by molar-refractivity contribution is 5.79. The van der Waals surface area contributed by atoms with Gasteiger partial charge in [-0.2, -0.15) is 0 Å². The molecule has 0 unspecified atom stereocenters. The lowest BCUT2D eigenvalue weighted by molar-refractivity contribution is -0.139. The Labute approximate surface area is 99.3 Å². The predicted molar refractivity (Wildman–Crippen MR) is 65.9 cm³/mol. The first-order chi connectivity index (χ1) is 8.20. The van der Waals surface area contributed by atoms with Crippen molar-refractivity contribution in [1.29, 1.82) is 0 Å². The summed E-state index contributed by atoms with van der Waals surface area (Å²) in [6.07, 6.45) is 2.17. The van der Waals surface area contributed by atoms with E-state index in [0.717, 1.165) is 16.5 Å². The lowest BCUT2D eigenvalue weighted by Crippen LogP contribution is -2.35. The van der Waals surface area contributed by atoms with E-state index in [9.17, 15) is 4.79 Å². The van der Waals surface area contributed by atoms with Gasteiger partial charge in [0.15, 0.2) is 0 Å². The molecule has 0 aliphatic rings. The number of aromatic nitrogens is 1. The van der Waals surface area contributed by atoms with Crippen molar-refractivity contribution in [1.82, 2.24) is 10.3 Å². The van der Waals surface area contributed by atoms with Crippen LogP contribution in [0, 0.1) is 0 Å². The Morgan fingerprint density at radius 1 is 1.47 bits per heavy atom. The summed E-state index contributed by atoms with van der Waals surface area (Å²) in [5.74, 6) is -0.847. The normalized spacial score (nSPS) is 12.5. The smallest absolute Gasteiger partial charge is 0.321 e. The molecule has 2 N–H and O–H groups in total. The highest BCUT2D eigenvalue weighted by Crippen LogP contribution is 2.13. The van der Waals surface area contributed by atoms with E-state index in [1.807, 2.05) is 30.3 Å². The van der Waals surface area contributed by atoms with Crippen molar-refractivity contribution in [2.75, 3.05) is 7.05 Å².